The highest BCUT2D eigenvalue weighted by molar-refractivity contribution is 7.89. The van der Waals surface area contributed by atoms with E-state index in [1.165, 1.54) is 6.92 Å². The lowest BCUT2D eigenvalue weighted by Crippen LogP contribution is -2.41. The molecule has 1 aromatic rings. The van der Waals surface area contributed by atoms with E-state index < -0.39 is 15.9 Å². The van der Waals surface area contributed by atoms with Crippen molar-refractivity contribution in [2.24, 2.45) is 11.1 Å². The van der Waals surface area contributed by atoms with Gasteiger partial charge in [-0.3, -0.25) is 4.79 Å². The normalized spacial score (nSPS) is 13.4. The number of nitrogens with two attached hydrogens (primary N) is 1. The maximum atomic E-state index is 12.1. The molecule has 0 aliphatic heterocycles. The fourth-order valence-electron chi connectivity index (χ4n) is 1.74. The van der Waals surface area contributed by atoms with E-state index in [1.807, 2.05) is 20.8 Å². The van der Waals surface area contributed by atoms with Crippen LogP contribution in [0.5, 0.6) is 0 Å². The number of rotatable bonds is 7. The Morgan fingerprint density at radius 3 is 2.52 bits per heavy atom. The quantitative estimate of drug-likeness (QED) is 0.779. The summed E-state index contributed by atoms with van der Waals surface area (Å²) in [6.07, 6.45) is 0. The minimum Gasteiger partial charge on any atom is -0.455 e. The third kappa shape index (κ3) is 4.83. The standard InChI is InChI=1S/C13H22N2O5S/c1-5-19-7-10(8(2)3)15-13(16)11-6-12(9(4)20-11)21(14,17)18/h6,8,10H,5,7H2,1-4H3,(H,15,16)(H2,14,17,18). The first-order valence-electron chi connectivity index (χ1n) is 6.68. The molecule has 0 aromatic carbocycles. The fourth-order valence-corrected chi connectivity index (χ4v) is 2.46. The molecule has 0 fully saturated rings. The van der Waals surface area contributed by atoms with E-state index in [2.05, 4.69) is 5.32 Å². The van der Waals surface area contributed by atoms with Crippen LogP contribution < -0.4 is 10.5 Å². The lowest BCUT2D eigenvalue weighted by atomic mass is 10.1. The average Bonchev–Trinajstić information content (AvgIpc) is 2.76. The van der Waals surface area contributed by atoms with Crippen LogP contribution in [0, 0.1) is 12.8 Å². The molecule has 0 aliphatic rings. The van der Waals surface area contributed by atoms with Crippen LogP contribution in [-0.2, 0) is 14.8 Å². The van der Waals surface area contributed by atoms with E-state index in [0.29, 0.717) is 13.2 Å². The zero-order chi connectivity index (χ0) is 16.2. The summed E-state index contributed by atoms with van der Waals surface area (Å²) < 4.78 is 33.1. The Labute approximate surface area is 124 Å². The van der Waals surface area contributed by atoms with Gasteiger partial charge in [-0.05, 0) is 19.8 Å². The van der Waals surface area contributed by atoms with Gasteiger partial charge < -0.3 is 14.5 Å². The van der Waals surface area contributed by atoms with Crippen LogP contribution in [0.25, 0.3) is 0 Å². The molecule has 1 unspecified atom stereocenters. The molecule has 0 saturated heterocycles. The fraction of sp³-hybridized carbons (Fsp3) is 0.615. The summed E-state index contributed by atoms with van der Waals surface area (Å²) in [6, 6.07) is 0.943. The molecule has 1 aromatic heterocycles. The van der Waals surface area contributed by atoms with Crippen LogP contribution in [0.2, 0.25) is 0 Å². The summed E-state index contributed by atoms with van der Waals surface area (Å²) in [5.74, 6) is -0.326. The van der Waals surface area contributed by atoms with Crippen molar-refractivity contribution in [3.05, 3.63) is 17.6 Å². The van der Waals surface area contributed by atoms with Gasteiger partial charge in [0.25, 0.3) is 5.91 Å². The molecule has 3 N–H and O–H groups in total. The number of primary sulfonamides is 1. The van der Waals surface area contributed by atoms with E-state index >= 15 is 0 Å². The van der Waals surface area contributed by atoms with Crippen molar-refractivity contribution in [2.75, 3.05) is 13.2 Å². The minimum absolute atomic E-state index is 0.0846. The molecule has 0 aliphatic carbocycles. The summed E-state index contributed by atoms with van der Waals surface area (Å²) in [4.78, 5) is 11.9. The topological polar surface area (TPSA) is 112 Å². The first-order valence-corrected chi connectivity index (χ1v) is 8.23. The first kappa shape index (κ1) is 17.7. The van der Waals surface area contributed by atoms with Crippen LogP contribution in [0.15, 0.2) is 15.4 Å². The van der Waals surface area contributed by atoms with Gasteiger partial charge >= 0.3 is 0 Å². The highest BCUT2D eigenvalue weighted by atomic mass is 32.2. The third-order valence-corrected chi connectivity index (χ3v) is 4.04. The zero-order valence-electron chi connectivity index (χ0n) is 12.7. The van der Waals surface area contributed by atoms with Crippen LogP contribution >= 0.6 is 0 Å². The van der Waals surface area contributed by atoms with E-state index in [9.17, 15) is 13.2 Å². The van der Waals surface area contributed by atoms with Gasteiger partial charge in [0.2, 0.25) is 10.0 Å². The molecule has 0 bridgehead atoms. The smallest absolute Gasteiger partial charge is 0.287 e. The number of ether oxygens (including phenoxy) is 1. The molecule has 8 heteroatoms. The Balaban J connectivity index is 2.88. The van der Waals surface area contributed by atoms with Crippen molar-refractivity contribution in [3.8, 4) is 0 Å². The van der Waals surface area contributed by atoms with Gasteiger partial charge in [-0.2, -0.15) is 0 Å². The maximum absolute atomic E-state index is 12.1. The molecular formula is C13H22N2O5S. The number of hydrogen-bond donors (Lipinski definition) is 2. The Hall–Kier alpha value is -1.38. The van der Waals surface area contributed by atoms with Crippen molar-refractivity contribution >= 4 is 15.9 Å². The molecule has 1 rings (SSSR count). The molecule has 1 amide bonds. The van der Waals surface area contributed by atoms with Crippen molar-refractivity contribution in [2.45, 2.75) is 38.6 Å². The van der Waals surface area contributed by atoms with Crippen molar-refractivity contribution in [1.29, 1.82) is 0 Å². The second-order valence-corrected chi connectivity index (χ2v) is 6.59. The number of nitrogens with one attached hydrogen (secondary N) is 1. The van der Waals surface area contributed by atoms with Crippen molar-refractivity contribution in [1.82, 2.24) is 5.32 Å². The van der Waals surface area contributed by atoms with Crippen LogP contribution in [0.1, 0.15) is 37.1 Å². The van der Waals surface area contributed by atoms with Crippen molar-refractivity contribution < 1.29 is 22.4 Å². The molecule has 0 saturated carbocycles. The highest BCUT2D eigenvalue weighted by Gasteiger charge is 2.23. The summed E-state index contributed by atoms with van der Waals surface area (Å²) in [5, 5.41) is 7.81. The Morgan fingerprint density at radius 1 is 1.48 bits per heavy atom. The summed E-state index contributed by atoms with van der Waals surface area (Å²) in [6.45, 7) is 8.14. The molecule has 21 heavy (non-hydrogen) atoms. The minimum atomic E-state index is -3.90. The second-order valence-electron chi connectivity index (χ2n) is 5.06. The van der Waals surface area contributed by atoms with Gasteiger partial charge in [0.15, 0.2) is 5.76 Å². The highest BCUT2D eigenvalue weighted by Crippen LogP contribution is 2.19. The number of furan rings is 1. The summed E-state index contributed by atoms with van der Waals surface area (Å²) in [5.41, 5.74) is 0. The first-order chi connectivity index (χ1) is 9.66. The lowest BCUT2D eigenvalue weighted by molar-refractivity contribution is 0.0782. The van der Waals surface area contributed by atoms with E-state index in [1.54, 1.807) is 0 Å². The molecule has 120 valence electrons. The lowest BCUT2D eigenvalue weighted by Gasteiger charge is -2.21. The maximum Gasteiger partial charge on any atom is 0.287 e. The number of carbonyl (C=O) groups is 1. The molecular weight excluding hydrogens is 296 g/mol. The second kappa shape index (κ2) is 7.06. The Morgan fingerprint density at radius 2 is 2.10 bits per heavy atom. The number of aryl methyl sites for hydroxylation is 1. The van der Waals surface area contributed by atoms with Gasteiger partial charge in [-0.1, -0.05) is 13.8 Å². The van der Waals surface area contributed by atoms with Gasteiger partial charge in [-0.15, -0.1) is 0 Å². The van der Waals surface area contributed by atoms with Crippen LogP contribution in [0.4, 0.5) is 0 Å². The number of carbonyl (C=O) groups excluding carboxylic acids is 1. The van der Waals surface area contributed by atoms with Gasteiger partial charge in [0.05, 0.1) is 12.6 Å². The van der Waals surface area contributed by atoms with E-state index in [4.69, 9.17) is 14.3 Å². The summed E-state index contributed by atoms with van der Waals surface area (Å²) in [7, 11) is -3.90. The molecule has 1 heterocycles. The van der Waals surface area contributed by atoms with Crippen molar-refractivity contribution in [3.63, 3.8) is 0 Å². The van der Waals surface area contributed by atoms with E-state index in [0.717, 1.165) is 6.07 Å². The van der Waals surface area contributed by atoms with Gasteiger partial charge in [0.1, 0.15) is 10.7 Å². The average molecular weight is 318 g/mol. The SMILES string of the molecule is CCOCC(NC(=O)c1cc(S(N)(=O)=O)c(C)o1)C(C)C. The molecule has 0 spiro atoms. The number of hydrogen-bond acceptors (Lipinski definition) is 5. The third-order valence-electron chi connectivity index (χ3n) is 3.03. The summed E-state index contributed by atoms with van der Waals surface area (Å²) >= 11 is 0. The predicted octanol–water partition coefficient (Wildman–Crippen LogP) is 1.03. The molecule has 7 nitrogen and oxygen atoms in total. The molecule has 1 atom stereocenters. The van der Waals surface area contributed by atoms with Crippen LogP contribution in [0.3, 0.4) is 0 Å². The monoisotopic (exact) mass is 318 g/mol. The van der Waals surface area contributed by atoms with Crippen LogP contribution in [-0.4, -0.2) is 33.6 Å². The predicted molar refractivity (Wildman–Crippen MR) is 77.4 cm³/mol. The zero-order valence-corrected chi connectivity index (χ0v) is 13.5. The Kier molecular flexibility index (Phi) is 5.94. The number of amides is 1. The Bertz CT molecular complexity index is 592. The molecule has 0 radical (unpaired) electrons. The largest absolute Gasteiger partial charge is 0.455 e. The van der Waals surface area contributed by atoms with Gasteiger partial charge in [-0.25, -0.2) is 13.6 Å². The van der Waals surface area contributed by atoms with E-state index in [-0.39, 0.29) is 28.4 Å². The van der Waals surface area contributed by atoms with Gasteiger partial charge in [0, 0.05) is 12.7 Å². The number of sulfonamides is 1.